The highest BCUT2D eigenvalue weighted by Crippen LogP contribution is 2.36. The van der Waals surface area contributed by atoms with Crippen LogP contribution < -0.4 is 0 Å². The molecule has 0 saturated carbocycles. The fraction of sp³-hybridized carbons (Fsp3) is 0.0667. The first-order valence-electron chi connectivity index (χ1n) is 6.10. The average Bonchev–Trinajstić information content (AvgIpc) is 2.86. The summed E-state index contributed by atoms with van der Waals surface area (Å²) < 4.78 is 19.1. The number of nitrogens with zero attached hydrogens (tertiary/aromatic N) is 2. The normalized spacial score (nSPS) is 10.9. The third-order valence-corrected chi connectivity index (χ3v) is 3.61. The topological polar surface area (TPSA) is 38.9 Å². The third-order valence-electron chi connectivity index (χ3n) is 3.06. The van der Waals surface area contributed by atoms with Crippen molar-refractivity contribution in [3.63, 3.8) is 0 Å². The zero-order valence-corrected chi connectivity index (χ0v) is 12.4. The minimum absolute atomic E-state index is 0.0932. The molecule has 106 valence electrons. The molecule has 2 aromatic heterocycles. The SMILES string of the molecule is Cc1occc1-c1nc(Cl)c(-c2ccccc2F)c(Cl)n1. The monoisotopic (exact) mass is 322 g/mol. The number of benzene rings is 1. The van der Waals surface area contributed by atoms with Crippen molar-refractivity contribution in [3.8, 4) is 22.5 Å². The Labute approximate surface area is 130 Å². The number of aryl methyl sites for hydroxylation is 1. The molecule has 0 fully saturated rings. The minimum Gasteiger partial charge on any atom is -0.469 e. The fourth-order valence-corrected chi connectivity index (χ4v) is 2.62. The van der Waals surface area contributed by atoms with E-state index in [1.54, 1.807) is 31.2 Å². The maximum Gasteiger partial charge on any atom is 0.166 e. The van der Waals surface area contributed by atoms with Crippen LogP contribution in [0.2, 0.25) is 10.3 Å². The van der Waals surface area contributed by atoms with Gasteiger partial charge < -0.3 is 4.42 Å². The lowest BCUT2D eigenvalue weighted by Crippen LogP contribution is -1.96. The standard InChI is InChI=1S/C15H9Cl2FN2O/c1-8-9(6-7-21-8)15-19-13(16)12(14(17)20-15)10-4-2-3-5-11(10)18/h2-7H,1H3. The van der Waals surface area contributed by atoms with E-state index in [1.165, 1.54) is 12.3 Å². The van der Waals surface area contributed by atoms with Crippen molar-refractivity contribution in [1.29, 1.82) is 0 Å². The van der Waals surface area contributed by atoms with Crippen molar-refractivity contribution in [2.24, 2.45) is 0 Å². The number of hydrogen-bond donors (Lipinski definition) is 0. The van der Waals surface area contributed by atoms with E-state index in [1.807, 2.05) is 0 Å². The van der Waals surface area contributed by atoms with Gasteiger partial charge in [0.1, 0.15) is 21.9 Å². The molecule has 0 aliphatic heterocycles. The number of halogens is 3. The van der Waals surface area contributed by atoms with Crippen LogP contribution in [0.5, 0.6) is 0 Å². The number of hydrogen-bond acceptors (Lipinski definition) is 3. The second-order valence-corrected chi connectivity index (χ2v) is 5.09. The van der Waals surface area contributed by atoms with Gasteiger partial charge in [-0.05, 0) is 19.1 Å². The Morgan fingerprint density at radius 2 is 1.67 bits per heavy atom. The van der Waals surface area contributed by atoms with Gasteiger partial charge in [0, 0.05) is 5.56 Å². The molecule has 0 amide bonds. The summed E-state index contributed by atoms with van der Waals surface area (Å²) in [4.78, 5) is 8.40. The first kappa shape index (κ1) is 14.0. The molecule has 2 heterocycles. The van der Waals surface area contributed by atoms with E-state index in [-0.39, 0.29) is 21.4 Å². The Bertz CT molecular complexity index is 794. The smallest absolute Gasteiger partial charge is 0.166 e. The van der Waals surface area contributed by atoms with Crippen molar-refractivity contribution >= 4 is 23.2 Å². The van der Waals surface area contributed by atoms with E-state index in [0.717, 1.165) is 0 Å². The summed E-state index contributed by atoms with van der Waals surface area (Å²) in [5, 5.41) is 0.186. The van der Waals surface area contributed by atoms with Crippen molar-refractivity contribution in [1.82, 2.24) is 9.97 Å². The molecule has 0 radical (unpaired) electrons. The molecule has 0 aliphatic rings. The molecular weight excluding hydrogens is 314 g/mol. The molecule has 0 spiro atoms. The van der Waals surface area contributed by atoms with Gasteiger partial charge in [0.15, 0.2) is 5.82 Å². The maximum atomic E-state index is 13.9. The molecular formula is C15H9Cl2FN2O. The van der Waals surface area contributed by atoms with Crippen LogP contribution in [0.15, 0.2) is 41.0 Å². The van der Waals surface area contributed by atoms with Gasteiger partial charge in [-0.15, -0.1) is 0 Å². The first-order chi connectivity index (χ1) is 10.1. The lowest BCUT2D eigenvalue weighted by Gasteiger charge is -2.09. The second-order valence-electron chi connectivity index (χ2n) is 4.37. The average molecular weight is 323 g/mol. The lowest BCUT2D eigenvalue weighted by molar-refractivity contribution is 0.535. The lowest BCUT2D eigenvalue weighted by atomic mass is 10.1. The van der Waals surface area contributed by atoms with Gasteiger partial charge in [-0.2, -0.15) is 0 Å². The van der Waals surface area contributed by atoms with Crippen LogP contribution >= 0.6 is 23.2 Å². The molecule has 6 heteroatoms. The maximum absolute atomic E-state index is 13.9. The molecule has 0 atom stereocenters. The zero-order valence-electron chi connectivity index (χ0n) is 10.9. The Balaban J connectivity index is 2.18. The Hall–Kier alpha value is -1.91. The van der Waals surface area contributed by atoms with Gasteiger partial charge in [-0.3, -0.25) is 0 Å². The third kappa shape index (κ3) is 2.52. The summed E-state index contributed by atoms with van der Waals surface area (Å²) in [5.74, 6) is 0.564. The number of furan rings is 1. The van der Waals surface area contributed by atoms with E-state index in [0.29, 0.717) is 17.1 Å². The highest BCUT2D eigenvalue weighted by Gasteiger charge is 2.18. The molecule has 3 aromatic rings. The van der Waals surface area contributed by atoms with Crippen molar-refractivity contribution in [2.45, 2.75) is 6.92 Å². The number of rotatable bonds is 2. The van der Waals surface area contributed by atoms with Crippen LogP contribution in [0.3, 0.4) is 0 Å². The van der Waals surface area contributed by atoms with Crippen LogP contribution in [0.1, 0.15) is 5.76 Å². The van der Waals surface area contributed by atoms with E-state index in [2.05, 4.69) is 9.97 Å². The molecule has 0 aliphatic carbocycles. The summed E-state index contributed by atoms with van der Waals surface area (Å²) in [7, 11) is 0. The molecule has 0 bridgehead atoms. The molecule has 0 saturated heterocycles. The van der Waals surface area contributed by atoms with Crippen LogP contribution in [-0.4, -0.2) is 9.97 Å². The predicted molar refractivity (Wildman–Crippen MR) is 79.9 cm³/mol. The van der Waals surface area contributed by atoms with Gasteiger partial charge in [0.2, 0.25) is 0 Å². The van der Waals surface area contributed by atoms with Gasteiger partial charge in [-0.25, -0.2) is 14.4 Å². The largest absolute Gasteiger partial charge is 0.469 e. The summed E-state index contributed by atoms with van der Waals surface area (Å²) >= 11 is 12.4. The fourth-order valence-electron chi connectivity index (χ4n) is 2.03. The second kappa shape index (κ2) is 5.47. The predicted octanol–water partition coefficient (Wildman–Crippen LogP) is 5.16. The first-order valence-corrected chi connectivity index (χ1v) is 6.86. The Morgan fingerprint density at radius 1 is 1.00 bits per heavy atom. The van der Waals surface area contributed by atoms with E-state index < -0.39 is 5.82 Å². The van der Waals surface area contributed by atoms with Crippen molar-refractivity contribution in [2.75, 3.05) is 0 Å². The molecule has 0 N–H and O–H groups in total. The van der Waals surface area contributed by atoms with Gasteiger partial charge in [0.05, 0.1) is 17.4 Å². The minimum atomic E-state index is -0.433. The highest BCUT2D eigenvalue weighted by atomic mass is 35.5. The van der Waals surface area contributed by atoms with Crippen LogP contribution in [0.25, 0.3) is 22.5 Å². The summed E-state index contributed by atoms with van der Waals surface area (Å²) in [5.41, 5.74) is 1.24. The van der Waals surface area contributed by atoms with E-state index in [4.69, 9.17) is 27.6 Å². The van der Waals surface area contributed by atoms with Crippen LogP contribution in [0.4, 0.5) is 4.39 Å². The molecule has 21 heavy (non-hydrogen) atoms. The van der Waals surface area contributed by atoms with Gasteiger partial charge >= 0.3 is 0 Å². The van der Waals surface area contributed by atoms with Crippen molar-refractivity contribution < 1.29 is 8.81 Å². The summed E-state index contributed by atoms with van der Waals surface area (Å²) in [6.45, 7) is 1.78. The van der Waals surface area contributed by atoms with E-state index >= 15 is 0 Å². The van der Waals surface area contributed by atoms with Crippen LogP contribution in [0, 0.1) is 12.7 Å². The number of aromatic nitrogens is 2. The quantitative estimate of drug-likeness (QED) is 0.612. The Morgan fingerprint density at radius 3 is 2.24 bits per heavy atom. The molecule has 0 unspecified atom stereocenters. The highest BCUT2D eigenvalue weighted by molar-refractivity contribution is 6.37. The van der Waals surface area contributed by atoms with E-state index in [9.17, 15) is 4.39 Å². The van der Waals surface area contributed by atoms with Crippen molar-refractivity contribution in [3.05, 3.63) is 58.5 Å². The zero-order chi connectivity index (χ0) is 15.0. The van der Waals surface area contributed by atoms with Crippen LogP contribution in [-0.2, 0) is 0 Å². The van der Waals surface area contributed by atoms with Gasteiger partial charge in [0.25, 0.3) is 0 Å². The van der Waals surface area contributed by atoms with Gasteiger partial charge in [-0.1, -0.05) is 41.4 Å². The summed E-state index contributed by atoms with van der Waals surface area (Å²) in [6, 6.07) is 7.91. The summed E-state index contributed by atoms with van der Waals surface area (Å²) in [6.07, 6.45) is 1.53. The molecule has 1 aromatic carbocycles. The molecule has 3 rings (SSSR count). The Kier molecular flexibility index (Phi) is 3.66. The molecule has 3 nitrogen and oxygen atoms in total.